The minimum atomic E-state index is -0.449. The van der Waals surface area contributed by atoms with Crippen molar-refractivity contribution in [3.05, 3.63) is 59.2 Å². The van der Waals surface area contributed by atoms with Gasteiger partial charge in [-0.3, -0.25) is 24.7 Å². The van der Waals surface area contributed by atoms with Crippen molar-refractivity contribution in [2.75, 3.05) is 12.4 Å². The van der Waals surface area contributed by atoms with Gasteiger partial charge in [0.15, 0.2) is 0 Å². The van der Waals surface area contributed by atoms with Crippen LogP contribution in [0.3, 0.4) is 0 Å². The monoisotopic (exact) mass is 503 g/mol. The van der Waals surface area contributed by atoms with Crippen LogP contribution in [0, 0.1) is 6.92 Å². The van der Waals surface area contributed by atoms with Crippen molar-refractivity contribution < 1.29 is 23.9 Å². The van der Waals surface area contributed by atoms with Crippen LogP contribution in [-0.2, 0) is 4.74 Å². The average Bonchev–Trinajstić information content (AvgIpc) is 3.09. The second kappa shape index (κ2) is 9.49. The number of nitrogens with one attached hydrogen (secondary N) is 1. The number of imide groups is 1. The number of methoxy groups -OCH3 is 1. The smallest absolute Gasteiger partial charge is 0.412 e. The van der Waals surface area contributed by atoms with Crippen molar-refractivity contribution in [3.63, 3.8) is 0 Å². The summed E-state index contributed by atoms with van der Waals surface area (Å²) in [6.45, 7) is 1.96. The zero-order valence-corrected chi connectivity index (χ0v) is 21.3. The van der Waals surface area contributed by atoms with Gasteiger partial charge in [0.05, 0.1) is 23.9 Å². The molecule has 0 radical (unpaired) electrons. The molecular formula is C29H33N3O5. The van der Waals surface area contributed by atoms with Gasteiger partial charge in [0.1, 0.15) is 11.9 Å². The fourth-order valence-electron chi connectivity index (χ4n) is 6.82. The molecule has 8 heteroatoms. The van der Waals surface area contributed by atoms with E-state index < -0.39 is 6.09 Å². The average molecular weight is 504 g/mol. The van der Waals surface area contributed by atoms with E-state index in [-0.39, 0.29) is 24.0 Å². The molecule has 37 heavy (non-hydrogen) atoms. The van der Waals surface area contributed by atoms with Gasteiger partial charge in [-0.25, -0.2) is 4.79 Å². The first-order valence-corrected chi connectivity index (χ1v) is 13.3. The number of benzene rings is 2. The number of rotatable bonds is 5. The summed E-state index contributed by atoms with van der Waals surface area (Å²) in [5.74, 6) is 0.284. The first-order chi connectivity index (χ1) is 17.9. The van der Waals surface area contributed by atoms with Gasteiger partial charge >= 0.3 is 6.09 Å². The van der Waals surface area contributed by atoms with Gasteiger partial charge in [0.2, 0.25) is 0 Å². The van der Waals surface area contributed by atoms with Crippen molar-refractivity contribution in [2.45, 2.75) is 82.1 Å². The summed E-state index contributed by atoms with van der Waals surface area (Å²) in [6, 6.07) is 13.8. The van der Waals surface area contributed by atoms with Gasteiger partial charge < -0.3 is 9.47 Å². The van der Waals surface area contributed by atoms with Crippen LogP contribution in [0.1, 0.15) is 71.2 Å². The highest BCUT2D eigenvalue weighted by atomic mass is 16.6. The third-order valence-corrected chi connectivity index (χ3v) is 8.55. The summed E-state index contributed by atoms with van der Waals surface area (Å²) < 4.78 is 11.3. The van der Waals surface area contributed by atoms with Crippen LogP contribution in [0.4, 0.5) is 10.5 Å². The molecule has 3 aliphatic heterocycles. The zero-order chi connectivity index (χ0) is 25.7. The molecule has 2 unspecified atom stereocenters. The molecule has 6 rings (SSSR count). The lowest BCUT2D eigenvalue weighted by atomic mass is 9.76. The molecule has 0 aromatic heterocycles. The number of hydrogen-bond donors (Lipinski definition) is 1. The van der Waals surface area contributed by atoms with Crippen molar-refractivity contribution in [1.82, 2.24) is 9.80 Å². The van der Waals surface area contributed by atoms with E-state index in [0.717, 1.165) is 44.1 Å². The van der Waals surface area contributed by atoms with Crippen LogP contribution in [0.5, 0.6) is 5.75 Å². The van der Waals surface area contributed by atoms with Gasteiger partial charge in [-0.2, -0.15) is 0 Å². The molecule has 3 amide bonds. The molecular weight excluding hydrogens is 470 g/mol. The molecule has 1 aliphatic carbocycles. The van der Waals surface area contributed by atoms with Crippen LogP contribution in [0.15, 0.2) is 42.5 Å². The van der Waals surface area contributed by atoms with Gasteiger partial charge in [0.25, 0.3) is 11.8 Å². The Hall–Kier alpha value is -3.39. The largest absolute Gasteiger partial charge is 0.495 e. The topological polar surface area (TPSA) is 88.2 Å². The van der Waals surface area contributed by atoms with Gasteiger partial charge in [-0.05, 0) is 62.4 Å². The van der Waals surface area contributed by atoms with Crippen molar-refractivity contribution in [1.29, 1.82) is 0 Å². The SMILES string of the molecule is COc1ccc(C)cc1NC(=O)OC1CC2CCCC(C1)N2C1CC(N2C(=O)c3ccccc3C2=O)C1. The Kier molecular flexibility index (Phi) is 6.15. The van der Waals surface area contributed by atoms with E-state index in [4.69, 9.17) is 9.47 Å². The van der Waals surface area contributed by atoms with Crippen LogP contribution in [-0.4, -0.2) is 65.1 Å². The molecule has 4 aliphatic rings. The number of amides is 3. The van der Waals surface area contributed by atoms with E-state index in [2.05, 4.69) is 10.2 Å². The Morgan fingerprint density at radius 3 is 2.16 bits per heavy atom. The van der Waals surface area contributed by atoms with E-state index in [9.17, 15) is 14.4 Å². The number of carbonyl (C=O) groups excluding carboxylic acids is 3. The molecule has 2 saturated heterocycles. The molecule has 3 heterocycles. The van der Waals surface area contributed by atoms with Gasteiger partial charge in [-0.1, -0.05) is 24.6 Å². The molecule has 8 nitrogen and oxygen atoms in total. The minimum Gasteiger partial charge on any atom is -0.495 e. The second-order valence-electron chi connectivity index (χ2n) is 10.8. The van der Waals surface area contributed by atoms with Gasteiger partial charge in [0, 0.05) is 37.0 Å². The highest BCUT2D eigenvalue weighted by Gasteiger charge is 2.51. The summed E-state index contributed by atoms with van der Waals surface area (Å²) in [5.41, 5.74) is 2.68. The summed E-state index contributed by atoms with van der Waals surface area (Å²) in [4.78, 5) is 42.6. The Morgan fingerprint density at radius 1 is 0.892 bits per heavy atom. The number of anilines is 1. The second-order valence-corrected chi connectivity index (χ2v) is 10.8. The summed E-state index contributed by atoms with van der Waals surface area (Å²) in [6.07, 6.45) is 6.01. The summed E-state index contributed by atoms with van der Waals surface area (Å²) >= 11 is 0. The number of ether oxygens (including phenoxy) is 2. The molecule has 2 aromatic rings. The Morgan fingerprint density at radius 2 is 1.54 bits per heavy atom. The third-order valence-electron chi connectivity index (χ3n) is 8.55. The molecule has 1 saturated carbocycles. The normalized spacial score (nSPS) is 28.9. The first kappa shape index (κ1) is 24.0. The van der Waals surface area contributed by atoms with Crippen LogP contribution < -0.4 is 10.1 Å². The Balaban J connectivity index is 1.07. The predicted octanol–water partition coefficient (Wildman–Crippen LogP) is 4.76. The highest BCUT2D eigenvalue weighted by molar-refractivity contribution is 6.21. The van der Waals surface area contributed by atoms with Crippen molar-refractivity contribution >= 4 is 23.6 Å². The number of piperidine rings is 2. The maximum Gasteiger partial charge on any atom is 0.412 e. The zero-order valence-electron chi connectivity index (χ0n) is 21.3. The van der Waals surface area contributed by atoms with E-state index >= 15 is 0 Å². The first-order valence-electron chi connectivity index (χ1n) is 13.3. The predicted molar refractivity (Wildman–Crippen MR) is 138 cm³/mol. The molecule has 3 fully saturated rings. The number of fused-ring (bicyclic) bond motifs is 3. The van der Waals surface area contributed by atoms with Crippen LogP contribution >= 0.6 is 0 Å². The molecule has 0 spiro atoms. The number of carbonyl (C=O) groups is 3. The molecule has 1 N–H and O–H groups in total. The van der Waals surface area contributed by atoms with E-state index in [0.29, 0.717) is 40.7 Å². The van der Waals surface area contributed by atoms with Gasteiger partial charge in [-0.15, -0.1) is 0 Å². The lowest BCUT2D eigenvalue weighted by Gasteiger charge is -2.56. The van der Waals surface area contributed by atoms with Crippen molar-refractivity contribution in [3.8, 4) is 5.75 Å². The van der Waals surface area contributed by atoms with Crippen molar-refractivity contribution in [2.24, 2.45) is 0 Å². The standard InChI is InChI=1S/C29H33N3O5/c1-17-10-11-26(36-2)25(12-17)30-29(35)37-22-15-18-6-5-7-19(16-22)31(18)20-13-21(14-20)32-27(33)23-8-3-4-9-24(23)28(32)34/h3-4,8-12,18-22H,5-7,13-16H2,1-2H3,(H,30,35). The van der Waals surface area contributed by atoms with Crippen LogP contribution in [0.2, 0.25) is 0 Å². The lowest BCUT2D eigenvalue weighted by Crippen LogP contribution is -2.64. The molecule has 2 bridgehead atoms. The molecule has 2 aromatic carbocycles. The number of nitrogens with zero attached hydrogens (tertiary/aromatic N) is 2. The number of aryl methyl sites for hydroxylation is 1. The summed E-state index contributed by atoms with van der Waals surface area (Å²) in [5, 5.41) is 2.86. The summed E-state index contributed by atoms with van der Waals surface area (Å²) in [7, 11) is 1.58. The fraction of sp³-hybridized carbons (Fsp3) is 0.483. The Bertz CT molecular complexity index is 1190. The molecule has 2 atom stereocenters. The lowest BCUT2D eigenvalue weighted by molar-refractivity contribution is -0.0819. The minimum absolute atomic E-state index is 0.0396. The van der Waals surface area contributed by atoms with Crippen LogP contribution in [0.25, 0.3) is 0 Å². The third kappa shape index (κ3) is 4.27. The van der Waals surface area contributed by atoms with E-state index in [1.165, 1.54) is 11.3 Å². The molecule has 194 valence electrons. The maximum atomic E-state index is 12.9. The highest BCUT2D eigenvalue weighted by Crippen LogP contribution is 2.43. The fourth-order valence-corrected chi connectivity index (χ4v) is 6.82. The van der Waals surface area contributed by atoms with E-state index in [1.54, 1.807) is 19.2 Å². The number of hydrogen-bond acceptors (Lipinski definition) is 6. The maximum absolute atomic E-state index is 12.9. The quantitative estimate of drug-likeness (QED) is 0.592. The Labute approximate surface area is 216 Å². The van der Waals surface area contributed by atoms with E-state index in [1.807, 2.05) is 37.3 Å².